The molecule has 0 saturated carbocycles. The fourth-order valence-electron chi connectivity index (χ4n) is 9.08. The Kier molecular flexibility index (Phi) is 10.1. The molecular formula is C46H54N4O2S2. The summed E-state index contributed by atoms with van der Waals surface area (Å²) in [7, 11) is 8.29. The van der Waals surface area contributed by atoms with Crippen LogP contribution in [0.15, 0.2) is 109 Å². The van der Waals surface area contributed by atoms with Gasteiger partial charge in [0, 0.05) is 85.4 Å². The second kappa shape index (κ2) is 14.7. The minimum Gasteiger partial charge on any atom is -0.374 e. The van der Waals surface area contributed by atoms with Gasteiger partial charge in [0.2, 0.25) is 0 Å². The SMILES string of the molecule is CN(CCSSCCN(C)c1ccc(/C=C/C23OCCN2c2ccccc2C3(C)C)cc1)c1ccc(/C=C/C23OCCN2c2ccccc2C3(C)C)cc1. The lowest BCUT2D eigenvalue weighted by Gasteiger charge is -2.39. The Morgan fingerprint density at radius 3 is 1.37 bits per heavy atom. The maximum atomic E-state index is 6.52. The van der Waals surface area contributed by atoms with E-state index in [1.165, 1.54) is 45.0 Å². The highest BCUT2D eigenvalue weighted by atomic mass is 33.1. The molecular weight excluding hydrogens is 705 g/mol. The normalized spacial score (nSPS) is 23.2. The lowest BCUT2D eigenvalue weighted by Crippen LogP contribution is -2.51. The second-order valence-electron chi connectivity index (χ2n) is 16.0. The van der Waals surface area contributed by atoms with Crippen molar-refractivity contribution in [2.24, 2.45) is 0 Å². The van der Waals surface area contributed by atoms with Gasteiger partial charge in [0.05, 0.1) is 13.2 Å². The number of nitrogens with zero attached hydrogens (tertiary/aromatic N) is 4. The van der Waals surface area contributed by atoms with Gasteiger partial charge < -0.3 is 29.1 Å². The number of benzene rings is 4. The van der Waals surface area contributed by atoms with Crippen molar-refractivity contribution < 1.29 is 9.47 Å². The molecule has 0 aromatic heterocycles. The lowest BCUT2D eigenvalue weighted by atomic mass is 9.77. The fraction of sp³-hybridized carbons (Fsp3) is 0.391. The molecule has 4 aromatic rings. The molecule has 2 saturated heterocycles. The summed E-state index contributed by atoms with van der Waals surface area (Å²) in [6.07, 6.45) is 9.04. The predicted molar refractivity (Wildman–Crippen MR) is 233 cm³/mol. The first kappa shape index (κ1) is 37.1. The highest BCUT2D eigenvalue weighted by molar-refractivity contribution is 8.76. The molecule has 54 heavy (non-hydrogen) atoms. The first-order valence-electron chi connectivity index (χ1n) is 19.3. The number of para-hydroxylation sites is 2. The van der Waals surface area contributed by atoms with Crippen LogP contribution in [0.5, 0.6) is 0 Å². The molecule has 0 N–H and O–H groups in total. The van der Waals surface area contributed by atoms with Crippen LogP contribution in [0.1, 0.15) is 49.9 Å². The van der Waals surface area contributed by atoms with Crippen molar-refractivity contribution in [3.8, 4) is 0 Å². The van der Waals surface area contributed by atoms with Crippen molar-refractivity contribution in [2.45, 2.75) is 50.0 Å². The first-order valence-corrected chi connectivity index (χ1v) is 21.8. The summed E-state index contributed by atoms with van der Waals surface area (Å²) in [4.78, 5) is 9.59. The van der Waals surface area contributed by atoms with Gasteiger partial charge in [-0.15, -0.1) is 0 Å². The molecule has 0 aliphatic carbocycles. The van der Waals surface area contributed by atoms with Gasteiger partial charge in [-0.2, -0.15) is 0 Å². The van der Waals surface area contributed by atoms with Crippen LogP contribution in [0, 0.1) is 0 Å². The van der Waals surface area contributed by atoms with Crippen molar-refractivity contribution in [1.29, 1.82) is 0 Å². The van der Waals surface area contributed by atoms with Crippen LogP contribution >= 0.6 is 21.6 Å². The number of rotatable bonds is 13. The van der Waals surface area contributed by atoms with E-state index in [0.29, 0.717) is 0 Å². The smallest absolute Gasteiger partial charge is 0.170 e. The molecule has 0 spiro atoms. The summed E-state index contributed by atoms with van der Waals surface area (Å²) in [5.74, 6) is 2.15. The van der Waals surface area contributed by atoms with Crippen molar-refractivity contribution in [3.63, 3.8) is 0 Å². The summed E-state index contributed by atoms with van der Waals surface area (Å²) in [5.41, 5.74) is 9.00. The van der Waals surface area contributed by atoms with Crippen LogP contribution in [-0.2, 0) is 20.3 Å². The quantitative estimate of drug-likeness (QED) is 0.0985. The second-order valence-corrected chi connectivity index (χ2v) is 18.7. The fourth-order valence-corrected chi connectivity index (χ4v) is 11.2. The van der Waals surface area contributed by atoms with Gasteiger partial charge >= 0.3 is 0 Å². The lowest BCUT2D eigenvalue weighted by molar-refractivity contribution is 0.000279. The Hall–Kier alpha value is -3.82. The van der Waals surface area contributed by atoms with Gasteiger partial charge in [-0.1, -0.05) is 122 Å². The summed E-state index contributed by atoms with van der Waals surface area (Å²) in [6, 6.07) is 35.3. The minimum atomic E-state index is -0.451. The highest BCUT2D eigenvalue weighted by Gasteiger charge is 2.60. The van der Waals surface area contributed by atoms with E-state index in [1.54, 1.807) is 0 Å². The standard InChI is InChI=1S/C46H54N4O2S2/c1-43(2)39-11-7-9-13-41(39)49-27-31-51-45(43,49)25-23-35-15-19-37(20-16-35)47(5)29-33-53-54-34-30-48(6)38-21-17-36(18-22-38)24-26-46-44(3,4)40-12-8-10-14-42(40)50(46)28-32-52-46/h7-26H,27-34H2,1-6H3/b25-23+,26-24+. The van der Waals surface area contributed by atoms with Crippen molar-refractivity contribution >= 4 is 56.5 Å². The van der Waals surface area contributed by atoms with Crippen molar-refractivity contribution in [3.05, 3.63) is 131 Å². The summed E-state index contributed by atoms with van der Waals surface area (Å²) in [6.45, 7) is 14.6. The van der Waals surface area contributed by atoms with E-state index in [9.17, 15) is 0 Å². The van der Waals surface area contributed by atoms with Gasteiger partial charge in [0.15, 0.2) is 11.4 Å². The number of hydrogen-bond acceptors (Lipinski definition) is 8. The molecule has 4 aliphatic rings. The third-order valence-corrected chi connectivity index (χ3v) is 14.7. The molecule has 2 atom stereocenters. The average molecular weight is 759 g/mol. The van der Waals surface area contributed by atoms with Crippen LogP contribution in [0.4, 0.5) is 22.7 Å². The zero-order valence-corrected chi connectivity index (χ0v) is 34.3. The maximum absolute atomic E-state index is 6.52. The molecule has 0 radical (unpaired) electrons. The van der Waals surface area contributed by atoms with E-state index < -0.39 is 11.4 Å². The third-order valence-electron chi connectivity index (χ3n) is 12.4. The molecule has 2 unspecified atom stereocenters. The van der Waals surface area contributed by atoms with Gasteiger partial charge in [0.25, 0.3) is 0 Å². The van der Waals surface area contributed by atoms with E-state index in [1.807, 2.05) is 21.6 Å². The zero-order chi connectivity index (χ0) is 37.6. The Balaban J connectivity index is 0.777. The van der Waals surface area contributed by atoms with Crippen LogP contribution in [0.3, 0.4) is 0 Å². The van der Waals surface area contributed by atoms with E-state index in [0.717, 1.165) is 50.9 Å². The average Bonchev–Trinajstić information content (AvgIpc) is 3.91. The number of hydrogen-bond donors (Lipinski definition) is 0. The first-order chi connectivity index (χ1) is 26.1. The Morgan fingerprint density at radius 1 is 0.574 bits per heavy atom. The predicted octanol–water partition coefficient (Wildman–Crippen LogP) is 9.72. The van der Waals surface area contributed by atoms with Crippen LogP contribution in [0.2, 0.25) is 0 Å². The topological polar surface area (TPSA) is 31.4 Å². The van der Waals surface area contributed by atoms with Gasteiger partial charge in [-0.25, -0.2) is 0 Å². The van der Waals surface area contributed by atoms with Gasteiger partial charge in [0.1, 0.15) is 0 Å². The number of anilines is 4. The number of ether oxygens (including phenoxy) is 2. The molecule has 8 heteroatoms. The van der Waals surface area contributed by atoms with E-state index in [4.69, 9.17) is 9.47 Å². The Morgan fingerprint density at radius 2 is 0.963 bits per heavy atom. The van der Waals surface area contributed by atoms with Crippen LogP contribution < -0.4 is 19.6 Å². The van der Waals surface area contributed by atoms with Gasteiger partial charge in [-0.3, -0.25) is 0 Å². The zero-order valence-electron chi connectivity index (χ0n) is 32.6. The Labute approximate surface area is 330 Å². The maximum Gasteiger partial charge on any atom is 0.170 e. The molecule has 4 heterocycles. The highest BCUT2D eigenvalue weighted by Crippen LogP contribution is 2.56. The molecule has 0 amide bonds. The molecule has 4 aliphatic heterocycles. The summed E-state index contributed by atoms with van der Waals surface area (Å²) < 4.78 is 13.0. The molecule has 8 rings (SSSR count). The molecule has 282 valence electrons. The molecule has 6 nitrogen and oxygen atoms in total. The van der Waals surface area contributed by atoms with E-state index >= 15 is 0 Å². The third kappa shape index (κ3) is 6.23. The monoisotopic (exact) mass is 758 g/mol. The Bertz CT molecular complexity index is 1870. The van der Waals surface area contributed by atoms with Crippen LogP contribution in [-0.4, -0.2) is 76.4 Å². The molecule has 2 fully saturated rings. The van der Waals surface area contributed by atoms with Crippen LogP contribution in [0.25, 0.3) is 12.2 Å². The largest absolute Gasteiger partial charge is 0.374 e. The number of fused-ring (bicyclic) bond motifs is 6. The van der Waals surface area contributed by atoms with Gasteiger partial charge in [-0.05, 0) is 70.8 Å². The minimum absolute atomic E-state index is 0.138. The van der Waals surface area contributed by atoms with Crippen molar-refractivity contribution in [1.82, 2.24) is 0 Å². The van der Waals surface area contributed by atoms with Crippen molar-refractivity contribution in [2.75, 3.05) is 84.6 Å². The van der Waals surface area contributed by atoms with E-state index in [-0.39, 0.29) is 10.8 Å². The molecule has 4 aromatic carbocycles. The summed E-state index contributed by atoms with van der Waals surface area (Å²) >= 11 is 0. The summed E-state index contributed by atoms with van der Waals surface area (Å²) in [5, 5.41) is 0. The van der Waals surface area contributed by atoms with E-state index in [2.05, 4.69) is 183 Å². The molecule has 0 bridgehead atoms.